The summed E-state index contributed by atoms with van der Waals surface area (Å²) in [5.41, 5.74) is 1.49. The van der Waals surface area contributed by atoms with E-state index in [2.05, 4.69) is 4.90 Å². The Hall–Kier alpha value is -2.93. The number of ether oxygens (including phenoxy) is 2. The van der Waals surface area contributed by atoms with Gasteiger partial charge in [0.15, 0.2) is 11.5 Å². The highest BCUT2D eigenvalue weighted by molar-refractivity contribution is 6.05. The van der Waals surface area contributed by atoms with Gasteiger partial charge >= 0.3 is 0 Å². The Morgan fingerprint density at radius 2 is 1.81 bits per heavy atom. The number of benzene rings is 2. The Bertz CT molecular complexity index is 983. The number of piperidine rings is 1. The Balaban J connectivity index is 1.47. The van der Waals surface area contributed by atoms with E-state index in [1.807, 2.05) is 12.1 Å². The Labute approximate surface area is 187 Å². The van der Waals surface area contributed by atoms with Crippen LogP contribution in [0, 0.1) is 11.6 Å². The molecule has 2 aliphatic rings. The van der Waals surface area contributed by atoms with Crippen molar-refractivity contribution in [3.63, 3.8) is 0 Å². The molecule has 1 saturated heterocycles. The van der Waals surface area contributed by atoms with Crippen LogP contribution in [0.1, 0.15) is 30.4 Å². The maximum Gasteiger partial charge on any atom is 0.251 e. The van der Waals surface area contributed by atoms with E-state index < -0.39 is 11.6 Å². The number of carbonyl (C=O) groups is 1. The summed E-state index contributed by atoms with van der Waals surface area (Å²) in [5, 5.41) is 0. The van der Waals surface area contributed by atoms with Crippen molar-refractivity contribution in [1.82, 2.24) is 4.90 Å². The summed E-state index contributed by atoms with van der Waals surface area (Å²) in [5.74, 6) is -0.515. The fourth-order valence-electron chi connectivity index (χ4n) is 4.28. The van der Waals surface area contributed by atoms with Gasteiger partial charge in [0.25, 0.3) is 5.91 Å². The van der Waals surface area contributed by atoms with Crippen LogP contribution in [0.2, 0.25) is 0 Å². The monoisotopic (exact) mass is 442 g/mol. The average molecular weight is 443 g/mol. The predicted octanol–water partition coefficient (Wildman–Crippen LogP) is 4.44. The van der Waals surface area contributed by atoms with Crippen LogP contribution in [0.15, 0.2) is 36.4 Å². The summed E-state index contributed by atoms with van der Waals surface area (Å²) in [6.45, 7) is 4.07. The molecular formula is C25H28F2N2O3. The summed E-state index contributed by atoms with van der Waals surface area (Å²) in [6, 6.07) is 7.35. The molecule has 0 bridgehead atoms. The third-order valence-electron chi connectivity index (χ3n) is 6.03. The zero-order chi connectivity index (χ0) is 22.5. The second-order valence-electron chi connectivity index (χ2n) is 8.09. The molecule has 1 amide bonds. The minimum Gasteiger partial charge on any atom is -0.493 e. The highest BCUT2D eigenvalue weighted by Crippen LogP contribution is 2.39. The van der Waals surface area contributed by atoms with Gasteiger partial charge in [-0.05, 0) is 62.2 Å². The topological polar surface area (TPSA) is 42.0 Å². The Morgan fingerprint density at radius 1 is 1.06 bits per heavy atom. The molecular weight excluding hydrogens is 414 g/mol. The summed E-state index contributed by atoms with van der Waals surface area (Å²) < 4.78 is 39.2. The van der Waals surface area contributed by atoms with E-state index in [1.165, 1.54) is 37.5 Å². The zero-order valence-electron chi connectivity index (χ0n) is 18.3. The van der Waals surface area contributed by atoms with E-state index in [-0.39, 0.29) is 11.5 Å². The summed E-state index contributed by atoms with van der Waals surface area (Å²) in [7, 11) is 1.60. The molecule has 0 radical (unpaired) electrons. The first-order valence-electron chi connectivity index (χ1n) is 11.1. The molecule has 170 valence electrons. The first-order chi connectivity index (χ1) is 15.6. The van der Waals surface area contributed by atoms with Crippen LogP contribution in [0.3, 0.4) is 0 Å². The lowest BCUT2D eigenvalue weighted by atomic mass is 10.1. The molecule has 0 atom stereocenters. The van der Waals surface area contributed by atoms with Crippen molar-refractivity contribution < 1.29 is 23.0 Å². The van der Waals surface area contributed by atoms with E-state index >= 15 is 0 Å². The van der Waals surface area contributed by atoms with Crippen LogP contribution in [0.4, 0.5) is 14.5 Å². The maximum atomic E-state index is 13.9. The molecule has 5 nitrogen and oxygen atoms in total. The molecule has 0 N–H and O–H groups in total. The van der Waals surface area contributed by atoms with E-state index in [0.717, 1.165) is 43.0 Å². The summed E-state index contributed by atoms with van der Waals surface area (Å²) >= 11 is 0. The van der Waals surface area contributed by atoms with E-state index in [0.29, 0.717) is 31.1 Å². The van der Waals surface area contributed by atoms with Gasteiger partial charge in [0.05, 0.1) is 12.8 Å². The molecule has 4 rings (SSSR count). The molecule has 2 aliphatic heterocycles. The van der Waals surface area contributed by atoms with Gasteiger partial charge in [0, 0.05) is 30.8 Å². The molecule has 0 aliphatic carbocycles. The number of halogens is 2. The number of nitrogens with zero attached hydrogens (tertiary/aromatic N) is 2. The second kappa shape index (κ2) is 10.1. The smallest absolute Gasteiger partial charge is 0.251 e. The molecule has 1 fully saturated rings. The van der Waals surface area contributed by atoms with Gasteiger partial charge in [-0.3, -0.25) is 9.69 Å². The number of hydrogen-bond acceptors (Lipinski definition) is 4. The van der Waals surface area contributed by atoms with E-state index in [4.69, 9.17) is 9.47 Å². The average Bonchev–Trinajstić information content (AvgIpc) is 3.21. The largest absolute Gasteiger partial charge is 0.493 e. The molecule has 0 spiro atoms. The van der Waals surface area contributed by atoms with Crippen molar-refractivity contribution in [3.05, 3.63) is 59.2 Å². The Morgan fingerprint density at radius 3 is 2.53 bits per heavy atom. The third-order valence-corrected chi connectivity index (χ3v) is 6.03. The number of rotatable bonds is 7. The number of methoxy groups -OCH3 is 1. The number of carbonyl (C=O) groups excluding carboxylic acids is 1. The highest BCUT2D eigenvalue weighted by atomic mass is 19.1. The standard InChI is InChI=1S/C25H28F2N2O3/c1-31-23-16-18-10-13-29(25(30)9-8-19-20(26)6-5-7-21(19)27)22(18)17-24(23)32-15-14-28-11-3-2-4-12-28/h5-9,16-17H,2-4,10-15H2,1H3/b9-8+. The minimum atomic E-state index is -0.704. The van der Waals surface area contributed by atoms with Crippen LogP contribution >= 0.6 is 0 Å². The van der Waals surface area contributed by atoms with Gasteiger partial charge in [0.1, 0.15) is 18.2 Å². The van der Waals surface area contributed by atoms with Gasteiger partial charge < -0.3 is 14.4 Å². The molecule has 7 heteroatoms. The molecule has 0 saturated carbocycles. The number of fused-ring (bicyclic) bond motifs is 1. The fourth-order valence-corrected chi connectivity index (χ4v) is 4.28. The SMILES string of the molecule is COc1cc2c(cc1OCCN1CCCCC1)N(C(=O)/C=C/c1c(F)cccc1F)CC2. The van der Waals surface area contributed by atoms with Gasteiger partial charge in [-0.1, -0.05) is 12.5 Å². The number of amides is 1. The van der Waals surface area contributed by atoms with Gasteiger partial charge in [-0.25, -0.2) is 8.78 Å². The number of likely N-dealkylation sites (tertiary alicyclic amines) is 1. The molecule has 0 aromatic heterocycles. The van der Waals surface area contributed by atoms with Crippen LogP contribution in [-0.4, -0.2) is 50.7 Å². The lowest BCUT2D eigenvalue weighted by Crippen LogP contribution is -2.33. The molecule has 2 heterocycles. The van der Waals surface area contributed by atoms with Gasteiger partial charge in [-0.2, -0.15) is 0 Å². The van der Waals surface area contributed by atoms with Crippen molar-refractivity contribution in [1.29, 1.82) is 0 Å². The van der Waals surface area contributed by atoms with Crippen molar-refractivity contribution in [2.45, 2.75) is 25.7 Å². The number of anilines is 1. The lowest BCUT2D eigenvalue weighted by Gasteiger charge is -2.26. The fraction of sp³-hybridized carbons (Fsp3) is 0.400. The first-order valence-corrected chi connectivity index (χ1v) is 11.1. The van der Waals surface area contributed by atoms with Gasteiger partial charge in [0.2, 0.25) is 0 Å². The summed E-state index contributed by atoms with van der Waals surface area (Å²) in [6.07, 6.45) is 6.81. The van der Waals surface area contributed by atoms with Crippen molar-refractivity contribution in [2.24, 2.45) is 0 Å². The minimum absolute atomic E-state index is 0.225. The Kier molecular flexibility index (Phi) is 7.05. The molecule has 0 unspecified atom stereocenters. The first kappa shape index (κ1) is 22.3. The lowest BCUT2D eigenvalue weighted by molar-refractivity contribution is -0.114. The van der Waals surface area contributed by atoms with Crippen molar-refractivity contribution in [3.8, 4) is 11.5 Å². The number of hydrogen-bond donors (Lipinski definition) is 0. The molecule has 2 aromatic carbocycles. The second-order valence-corrected chi connectivity index (χ2v) is 8.09. The third kappa shape index (κ3) is 4.93. The molecule has 2 aromatic rings. The maximum absolute atomic E-state index is 13.9. The van der Waals surface area contributed by atoms with Crippen LogP contribution in [-0.2, 0) is 11.2 Å². The van der Waals surface area contributed by atoms with Gasteiger partial charge in [-0.15, -0.1) is 0 Å². The van der Waals surface area contributed by atoms with Crippen molar-refractivity contribution in [2.75, 3.05) is 44.8 Å². The van der Waals surface area contributed by atoms with Crippen LogP contribution < -0.4 is 14.4 Å². The van der Waals surface area contributed by atoms with Crippen LogP contribution in [0.5, 0.6) is 11.5 Å². The summed E-state index contributed by atoms with van der Waals surface area (Å²) in [4.78, 5) is 16.8. The highest BCUT2D eigenvalue weighted by Gasteiger charge is 2.26. The van der Waals surface area contributed by atoms with Crippen LogP contribution in [0.25, 0.3) is 6.08 Å². The van der Waals surface area contributed by atoms with Crippen molar-refractivity contribution >= 4 is 17.7 Å². The van der Waals surface area contributed by atoms with E-state index in [1.54, 1.807) is 12.0 Å². The quantitative estimate of drug-likeness (QED) is 0.595. The van der Waals surface area contributed by atoms with E-state index in [9.17, 15) is 13.6 Å². The predicted molar refractivity (Wildman–Crippen MR) is 120 cm³/mol. The normalized spacial score (nSPS) is 16.4. The molecule has 32 heavy (non-hydrogen) atoms. The zero-order valence-corrected chi connectivity index (χ0v) is 18.3.